The van der Waals surface area contributed by atoms with Gasteiger partial charge in [0.15, 0.2) is 11.5 Å². The van der Waals surface area contributed by atoms with Crippen LogP contribution in [0.25, 0.3) is 5.82 Å². The molecule has 0 saturated heterocycles. The highest BCUT2D eigenvalue weighted by atomic mass is 35.5. The fraction of sp³-hybridized carbons (Fsp3) is 0.190. The van der Waals surface area contributed by atoms with Gasteiger partial charge in [-0.25, -0.2) is 9.67 Å². The van der Waals surface area contributed by atoms with Crippen molar-refractivity contribution in [3.05, 3.63) is 69.6 Å². The maximum atomic E-state index is 13.3. The van der Waals surface area contributed by atoms with Gasteiger partial charge in [-0.15, -0.1) is 0 Å². The van der Waals surface area contributed by atoms with Gasteiger partial charge in [0.2, 0.25) is 0 Å². The first kappa shape index (κ1) is 23.9. The Bertz CT molecular complexity index is 1270. The maximum Gasteiger partial charge on any atom is 0.435 e. The molecule has 2 aromatic heterocycles. The van der Waals surface area contributed by atoms with Crippen molar-refractivity contribution in [3.63, 3.8) is 0 Å². The van der Waals surface area contributed by atoms with Crippen LogP contribution in [-0.4, -0.2) is 39.4 Å². The number of hydrogen-bond acceptors (Lipinski definition) is 5. The van der Waals surface area contributed by atoms with E-state index in [9.17, 15) is 27.6 Å². The molecule has 172 valence electrons. The van der Waals surface area contributed by atoms with E-state index in [0.717, 1.165) is 0 Å². The van der Waals surface area contributed by atoms with Gasteiger partial charge >= 0.3 is 6.18 Å². The molecule has 2 amide bonds. The molecule has 8 nitrogen and oxygen atoms in total. The number of Topliss-reactive ketones (excluding diaryl/α,β-unsaturated/α-hetero) is 1. The molecule has 3 rings (SSSR count). The van der Waals surface area contributed by atoms with E-state index in [2.05, 4.69) is 20.7 Å². The number of aromatic nitrogens is 3. The summed E-state index contributed by atoms with van der Waals surface area (Å²) in [4.78, 5) is 41.4. The molecule has 1 aromatic carbocycles. The highest BCUT2D eigenvalue weighted by Gasteiger charge is 2.37. The quantitative estimate of drug-likeness (QED) is 0.428. The van der Waals surface area contributed by atoms with E-state index in [1.54, 1.807) is 19.9 Å². The number of aryl methyl sites for hydroxylation is 2. The Morgan fingerprint density at radius 3 is 2.42 bits per heavy atom. The number of hydrogen-bond donors (Lipinski definition) is 2. The standard InChI is InChI=1S/C21H17ClF3N5O3/c1-10-7-11(2)16(12(8-10)17(31)20(33)26-3)28-19(32)14-9-15(21(23,24)25)29-30(14)18-13(22)5-4-6-27-18/h4-9H,1-3H3,(H,26,33)(H,28,32). The molecule has 2 heterocycles. The zero-order valence-corrected chi connectivity index (χ0v) is 18.3. The van der Waals surface area contributed by atoms with Gasteiger partial charge in [0, 0.05) is 19.3 Å². The Balaban J connectivity index is 2.13. The zero-order chi connectivity index (χ0) is 24.5. The number of anilines is 1. The van der Waals surface area contributed by atoms with Crippen molar-refractivity contribution in [2.45, 2.75) is 20.0 Å². The highest BCUT2D eigenvalue weighted by Crippen LogP contribution is 2.31. The summed E-state index contributed by atoms with van der Waals surface area (Å²) >= 11 is 6.05. The highest BCUT2D eigenvalue weighted by molar-refractivity contribution is 6.44. The summed E-state index contributed by atoms with van der Waals surface area (Å²) in [5.41, 5.74) is -0.931. The third-order valence-electron chi connectivity index (χ3n) is 4.57. The number of halogens is 4. The molecule has 0 saturated carbocycles. The monoisotopic (exact) mass is 479 g/mol. The van der Waals surface area contributed by atoms with E-state index in [-0.39, 0.29) is 22.1 Å². The van der Waals surface area contributed by atoms with Crippen LogP contribution in [0.2, 0.25) is 5.02 Å². The first-order valence-corrected chi connectivity index (χ1v) is 9.79. The summed E-state index contributed by atoms with van der Waals surface area (Å²) in [5, 5.41) is 8.07. The number of carbonyl (C=O) groups is 3. The van der Waals surface area contributed by atoms with E-state index in [1.807, 2.05) is 0 Å². The Kier molecular flexibility index (Phi) is 6.54. The number of carbonyl (C=O) groups excluding carboxylic acids is 3. The van der Waals surface area contributed by atoms with Gasteiger partial charge in [-0.2, -0.15) is 18.3 Å². The normalized spacial score (nSPS) is 11.2. The molecular weight excluding hydrogens is 463 g/mol. The van der Waals surface area contributed by atoms with Crippen molar-refractivity contribution in [2.75, 3.05) is 12.4 Å². The van der Waals surface area contributed by atoms with Crippen molar-refractivity contribution >= 4 is 34.9 Å². The second-order valence-electron chi connectivity index (χ2n) is 7.00. The van der Waals surface area contributed by atoms with Gasteiger partial charge < -0.3 is 10.6 Å². The second-order valence-corrected chi connectivity index (χ2v) is 7.41. The van der Waals surface area contributed by atoms with Crippen LogP contribution in [0.5, 0.6) is 0 Å². The summed E-state index contributed by atoms with van der Waals surface area (Å²) in [7, 11) is 1.27. The van der Waals surface area contributed by atoms with E-state index in [1.165, 1.54) is 31.4 Å². The van der Waals surface area contributed by atoms with Crippen LogP contribution in [0.1, 0.15) is 37.7 Å². The van der Waals surface area contributed by atoms with E-state index in [4.69, 9.17) is 11.6 Å². The Hall–Kier alpha value is -3.73. The number of rotatable bonds is 5. The molecule has 0 aliphatic carbocycles. The van der Waals surface area contributed by atoms with Crippen molar-refractivity contribution in [3.8, 4) is 5.82 Å². The molecule has 12 heteroatoms. The molecule has 0 fully saturated rings. The zero-order valence-electron chi connectivity index (χ0n) is 17.5. The molecule has 3 aromatic rings. The number of nitrogens with one attached hydrogen (secondary N) is 2. The third kappa shape index (κ3) is 4.87. The fourth-order valence-corrected chi connectivity index (χ4v) is 3.30. The molecule has 0 spiro atoms. The molecule has 0 aliphatic heterocycles. The Labute approximate surface area is 190 Å². The number of pyridine rings is 1. The fourth-order valence-electron chi connectivity index (χ4n) is 3.10. The third-order valence-corrected chi connectivity index (χ3v) is 4.86. The van der Waals surface area contributed by atoms with Gasteiger partial charge in [0.25, 0.3) is 17.6 Å². The van der Waals surface area contributed by atoms with E-state index in [0.29, 0.717) is 21.9 Å². The predicted octanol–water partition coefficient (Wildman–Crippen LogP) is 3.74. The first-order chi connectivity index (χ1) is 15.4. The van der Waals surface area contributed by atoms with E-state index >= 15 is 0 Å². The van der Waals surface area contributed by atoms with Crippen molar-refractivity contribution in [1.82, 2.24) is 20.1 Å². The van der Waals surface area contributed by atoms with Crippen LogP contribution >= 0.6 is 11.6 Å². The first-order valence-electron chi connectivity index (χ1n) is 9.41. The average molecular weight is 480 g/mol. The molecule has 0 bridgehead atoms. The smallest absolute Gasteiger partial charge is 0.352 e. The van der Waals surface area contributed by atoms with Crippen LogP contribution in [-0.2, 0) is 11.0 Å². The average Bonchev–Trinajstić information content (AvgIpc) is 3.20. The lowest BCUT2D eigenvalue weighted by atomic mass is 10.00. The summed E-state index contributed by atoms with van der Waals surface area (Å²) in [5.74, 6) is -3.04. The van der Waals surface area contributed by atoms with Crippen LogP contribution in [0.15, 0.2) is 36.5 Å². The Morgan fingerprint density at radius 2 is 1.82 bits per heavy atom. The molecule has 0 unspecified atom stereocenters. The number of alkyl halides is 3. The summed E-state index contributed by atoms with van der Waals surface area (Å²) in [6.45, 7) is 3.27. The maximum absolute atomic E-state index is 13.3. The molecule has 2 N–H and O–H groups in total. The van der Waals surface area contributed by atoms with Gasteiger partial charge in [0.05, 0.1) is 16.3 Å². The van der Waals surface area contributed by atoms with Crippen LogP contribution in [0, 0.1) is 13.8 Å². The summed E-state index contributed by atoms with van der Waals surface area (Å²) in [6.07, 6.45) is -3.57. The molecular formula is C21H17ClF3N5O3. The minimum Gasteiger partial charge on any atom is -0.352 e. The van der Waals surface area contributed by atoms with Gasteiger partial charge in [-0.3, -0.25) is 14.4 Å². The molecule has 33 heavy (non-hydrogen) atoms. The van der Waals surface area contributed by atoms with Crippen LogP contribution < -0.4 is 10.6 Å². The lowest BCUT2D eigenvalue weighted by Gasteiger charge is -2.15. The molecule has 0 radical (unpaired) electrons. The van der Waals surface area contributed by atoms with Crippen LogP contribution in [0.3, 0.4) is 0 Å². The van der Waals surface area contributed by atoms with Gasteiger partial charge in [-0.1, -0.05) is 17.7 Å². The number of ketones is 1. The van der Waals surface area contributed by atoms with E-state index < -0.39 is 35.2 Å². The largest absolute Gasteiger partial charge is 0.435 e. The number of nitrogens with zero attached hydrogens (tertiary/aromatic N) is 3. The SMILES string of the molecule is CNC(=O)C(=O)c1cc(C)cc(C)c1NC(=O)c1cc(C(F)(F)F)nn1-c1ncccc1Cl. The number of likely N-dealkylation sites (N-methyl/N-ethyl adjacent to an activating group) is 1. The lowest BCUT2D eigenvalue weighted by Crippen LogP contribution is -2.29. The van der Waals surface area contributed by atoms with Gasteiger partial charge in [-0.05, 0) is 43.2 Å². The van der Waals surface area contributed by atoms with Crippen molar-refractivity contribution < 1.29 is 27.6 Å². The minimum absolute atomic E-state index is 0.0207. The summed E-state index contributed by atoms with van der Waals surface area (Å²) < 4.78 is 40.7. The van der Waals surface area contributed by atoms with Crippen molar-refractivity contribution in [2.24, 2.45) is 0 Å². The minimum atomic E-state index is -4.85. The summed E-state index contributed by atoms with van der Waals surface area (Å²) in [6, 6.07) is 6.43. The van der Waals surface area contributed by atoms with Crippen LogP contribution in [0.4, 0.5) is 18.9 Å². The topological polar surface area (TPSA) is 106 Å². The Morgan fingerprint density at radius 1 is 1.12 bits per heavy atom. The molecule has 0 atom stereocenters. The second kappa shape index (κ2) is 9.02. The lowest BCUT2D eigenvalue weighted by molar-refractivity contribution is -0.141. The predicted molar refractivity (Wildman–Crippen MR) is 114 cm³/mol. The number of amides is 2. The van der Waals surface area contributed by atoms with Crippen molar-refractivity contribution in [1.29, 1.82) is 0 Å². The number of benzene rings is 1. The molecule has 0 aliphatic rings. The van der Waals surface area contributed by atoms with Gasteiger partial charge in [0.1, 0.15) is 5.69 Å².